The molecule has 5 nitrogen and oxygen atoms in total. The number of thiocarbonyl (C=S) groups is 1. The summed E-state index contributed by atoms with van der Waals surface area (Å²) in [5, 5.41) is 4.78. The van der Waals surface area contributed by atoms with Crippen LogP contribution in [0.1, 0.15) is 5.56 Å². The summed E-state index contributed by atoms with van der Waals surface area (Å²) in [6.07, 6.45) is 0. The van der Waals surface area contributed by atoms with Gasteiger partial charge in [0.05, 0.1) is 0 Å². The molecule has 0 amide bonds. The summed E-state index contributed by atoms with van der Waals surface area (Å²) in [4.78, 5) is 0.257. The Bertz CT molecular complexity index is 439. The molecule has 0 saturated carbocycles. The number of nitrogens with two attached hydrogens (primary N) is 2. The Hall–Kier alpha value is -1.18. The zero-order valence-corrected chi connectivity index (χ0v) is 8.73. The maximum absolute atomic E-state index is 10.6. The van der Waals surface area contributed by atoms with E-state index in [2.05, 4.69) is 4.72 Å². The van der Waals surface area contributed by atoms with Gasteiger partial charge in [0.25, 0.3) is 10.2 Å². The summed E-state index contributed by atoms with van der Waals surface area (Å²) in [5.41, 5.74) is 6.39. The van der Waals surface area contributed by atoms with Gasteiger partial charge in [-0.25, -0.2) is 5.14 Å². The molecule has 1 aromatic carbocycles. The van der Waals surface area contributed by atoms with Crippen molar-refractivity contribution in [3.63, 3.8) is 0 Å². The van der Waals surface area contributed by atoms with E-state index in [9.17, 15) is 8.42 Å². The van der Waals surface area contributed by atoms with Gasteiger partial charge in [-0.1, -0.05) is 12.2 Å². The van der Waals surface area contributed by atoms with E-state index in [0.29, 0.717) is 11.3 Å². The Labute approximate surface area is 87.3 Å². The van der Waals surface area contributed by atoms with Crippen molar-refractivity contribution in [2.75, 3.05) is 4.72 Å². The molecular formula is C7H9N3O2S2. The van der Waals surface area contributed by atoms with E-state index < -0.39 is 10.2 Å². The van der Waals surface area contributed by atoms with Crippen molar-refractivity contribution < 1.29 is 8.42 Å². The fraction of sp³-hybridized carbons (Fsp3) is 0. The molecule has 0 unspecified atom stereocenters. The van der Waals surface area contributed by atoms with Gasteiger partial charge in [0, 0.05) is 11.3 Å². The third-order valence-electron chi connectivity index (χ3n) is 1.43. The molecular weight excluding hydrogens is 222 g/mol. The Kier molecular flexibility index (Phi) is 3.04. The first-order valence-electron chi connectivity index (χ1n) is 3.59. The second-order valence-electron chi connectivity index (χ2n) is 2.59. The van der Waals surface area contributed by atoms with Gasteiger partial charge in [-0.05, 0) is 24.3 Å². The molecule has 5 N–H and O–H groups in total. The average Bonchev–Trinajstić information content (AvgIpc) is 2.02. The topological polar surface area (TPSA) is 98.2 Å². The second kappa shape index (κ2) is 3.91. The summed E-state index contributed by atoms with van der Waals surface area (Å²) < 4.78 is 23.4. The van der Waals surface area contributed by atoms with Crippen LogP contribution in [0.5, 0.6) is 0 Å². The smallest absolute Gasteiger partial charge is 0.296 e. The molecule has 7 heteroatoms. The lowest BCUT2D eigenvalue weighted by Gasteiger charge is -2.03. The maximum atomic E-state index is 10.6. The summed E-state index contributed by atoms with van der Waals surface area (Å²) in [6.45, 7) is 0. The average molecular weight is 231 g/mol. The first-order chi connectivity index (χ1) is 6.38. The van der Waals surface area contributed by atoms with Gasteiger partial charge in [0.15, 0.2) is 0 Å². The highest BCUT2D eigenvalue weighted by Gasteiger charge is 2.02. The molecule has 0 atom stereocenters. The molecule has 0 aliphatic heterocycles. The second-order valence-corrected chi connectivity index (χ2v) is 4.32. The molecule has 0 aromatic heterocycles. The van der Waals surface area contributed by atoms with Crippen LogP contribution in [-0.4, -0.2) is 13.4 Å². The van der Waals surface area contributed by atoms with Crippen LogP contribution in [-0.2, 0) is 10.2 Å². The van der Waals surface area contributed by atoms with E-state index in [0.717, 1.165) is 0 Å². The van der Waals surface area contributed by atoms with Crippen molar-refractivity contribution in [2.45, 2.75) is 0 Å². The molecule has 0 aliphatic rings. The van der Waals surface area contributed by atoms with Gasteiger partial charge < -0.3 is 5.73 Å². The third-order valence-corrected chi connectivity index (χ3v) is 2.19. The van der Waals surface area contributed by atoms with Gasteiger partial charge in [-0.15, -0.1) is 0 Å². The van der Waals surface area contributed by atoms with Crippen LogP contribution in [0.3, 0.4) is 0 Å². The molecule has 1 aromatic rings. The molecule has 0 bridgehead atoms. The highest BCUT2D eigenvalue weighted by atomic mass is 32.2. The van der Waals surface area contributed by atoms with Crippen LogP contribution in [0.15, 0.2) is 24.3 Å². The predicted molar refractivity (Wildman–Crippen MR) is 59.1 cm³/mol. The molecule has 0 aliphatic carbocycles. The van der Waals surface area contributed by atoms with E-state index in [1.807, 2.05) is 0 Å². The van der Waals surface area contributed by atoms with Crippen molar-refractivity contribution in [1.82, 2.24) is 0 Å². The number of hydrogen-bond donors (Lipinski definition) is 3. The minimum absolute atomic E-state index is 0.257. The predicted octanol–water partition coefficient (Wildman–Crippen LogP) is -0.0638. The van der Waals surface area contributed by atoms with Crippen LogP contribution in [0.2, 0.25) is 0 Å². The van der Waals surface area contributed by atoms with Gasteiger partial charge in [0.2, 0.25) is 0 Å². The van der Waals surface area contributed by atoms with E-state index in [1.54, 1.807) is 12.1 Å². The molecule has 0 radical (unpaired) electrons. The van der Waals surface area contributed by atoms with Crippen molar-refractivity contribution in [2.24, 2.45) is 10.9 Å². The third kappa shape index (κ3) is 3.29. The Balaban J connectivity index is 2.90. The summed E-state index contributed by atoms with van der Waals surface area (Å²) in [5.74, 6) is 0. The number of hydrogen-bond acceptors (Lipinski definition) is 3. The zero-order valence-electron chi connectivity index (χ0n) is 7.10. The quantitative estimate of drug-likeness (QED) is 0.634. The van der Waals surface area contributed by atoms with E-state index in [-0.39, 0.29) is 4.99 Å². The standard InChI is InChI=1S/C7H9N3O2S2/c8-7(13)5-1-3-6(4-2-5)10-14(9,11)12/h1-4,10H,(H2,8,13)(H2,9,11,12). The minimum atomic E-state index is -3.72. The van der Waals surface area contributed by atoms with Crippen LogP contribution in [0.4, 0.5) is 5.69 Å². The monoisotopic (exact) mass is 231 g/mol. The zero-order chi connectivity index (χ0) is 10.8. The Morgan fingerprint density at radius 1 is 1.29 bits per heavy atom. The van der Waals surface area contributed by atoms with Gasteiger partial charge >= 0.3 is 0 Å². The van der Waals surface area contributed by atoms with Crippen molar-refractivity contribution in [3.8, 4) is 0 Å². The van der Waals surface area contributed by atoms with Gasteiger partial charge in [0.1, 0.15) is 4.99 Å². The van der Waals surface area contributed by atoms with Crippen molar-refractivity contribution in [1.29, 1.82) is 0 Å². The number of rotatable bonds is 3. The first kappa shape index (κ1) is 10.9. The number of nitrogens with one attached hydrogen (secondary N) is 1. The highest BCUT2D eigenvalue weighted by molar-refractivity contribution is 7.90. The largest absolute Gasteiger partial charge is 0.389 e. The lowest BCUT2D eigenvalue weighted by molar-refractivity contribution is 0.603. The summed E-state index contributed by atoms with van der Waals surface area (Å²) in [6, 6.07) is 6.27. The lowest BCUT2D eigenvalue weighted by Crippen LogP contribution is -2.21. The first-order valence-corrected chi connectivity index (χ1v) is 5.54. The Morgan fingerprint density at radius 2 is 1.79 bits per heavy atom. The van der Waals surface area contributed by atoms with E-state index >= 15 is 0 Å². The molecule has 14 heavy (non-hydrogen) atoms. The van der Waals surface area contributed by atoms with Crippen LogP contribution in [0, 0.1) is 0 Å². The fourth-order valence-corrected chi connectivity index (χ4v) is 1.47. The fourth-order valence-electron chi connectivity index (χ4n) is 0.867. The number of anilines is 1. The molecule has 0 heterocycles. The molecule has 0 saturated heterocycles. The van der Waals surface area contributed by atoms with Gasteiger partial charge in [-0.3, -0.25) is 4.72 Å². The van der Waals surface area contributed by atoms with Crippen LogP contribution < -0.4 is 15.6 Å². The molecule has 1 rings (SSSR count). The van der Waals surface area contributed by atoms with Crippen LogP contribution >= 0.6 is 12.2 Å². The lowest BCUT2D eigenvalue weighted by atomic mass is 10.2. The summed E-state index contributed by atoms with van der Waals surface area (Å²) >= 11 is 4.73. The molecule has 76 valence electrons. The SMILES string of the molecule is NC(=S)c1ccc(NS(N)(=O)=O)cc1. The normalized spacial score (nSPS) is 10.9. The van der Waals surface area contributed by atoms with E-state index in [4.69, 9.17) is 23.1 Å². The maximum Gasteiger partial charge on any atom is 0.296 e. The van der Waals surface area contributed by atoms with Crippen LogP contribution in [0.25, 0.3) is 0 Å². The van der Waals surface area contributed by atoms with Crippen molar-refractivity contribution in [3.05, 3.63) is 29.8 Å². The highest BCUT2D eigenvalue weighted by Crippen LogP contribution is 2.09. The molecule has 0 fully saturated rings. The Morgan fingerprint density at radius 3 is 2.14 bits per heavy atom. The number of benzene rings is 1. The molecule has 0 spiro atoms. The van der Waals surface area contributed by atoms with Gasteiger partial charge in [-0.2, -0.15) is 8.42 Å². The minimum Gasteiger partial charge on any atom is -0.389 e. The summed E-state index contributed by atoms with van der Waals surface area (Å²) in [7, 11) is -3.72. The van der Waals surface area contributed by atoms with E-state index in [1.165, 1.54) is 12.1 Å². The van der Waals surface area contributed by atoms with Crippen molar-refractivity contribution >= 4 is 33.1 Å².